The van der Waals surface area contributed by atoms with Gasteiger partial charge in [-0.15, -0.1) is 0 Å². The van der Waals surface area contributed by atoms with Crippen LogP contribution in [0.2, 0.25) is 0 Å². The second kappa shape index (κ2) is 10.0. The molecule has 0 spiro atoms. The summed E-state index contributed by atoms with van der Waals surface area (Å²) in [6, 6.07) is 11.8. The first-order valence-corrected chi connectivity index (χ1v) is 10.8. The highest BCUT2D eigenvalue weighted by atomic mass is 19.1. The fourth-order valence-electron chi connectivity index (χ4n) is 4.54. The van der Waals surface area contributed by atoms with Crippen molar-refractivity contribution >= 4 is 6.08 Å². The lowest BCUT2D eigenvalue weighted by Gasteiger charge is -2.28. The molecule has 0 N–H and O–H groups in total. The van der Waals surface area contributed by atoms with Gasteiger partial charge in [-0.25, -0.2) is 8.78 Å². The van der Waals surface area contributed by atoms with Crippen molar-refractivity contribution in [1.29, 1.82) is 0 Å². The smallest absolute Gasteiger partial charge is 0.133 e. The van der Waals surface area contributed by atoms with E-state index in [9.17, 15) is 8.78 Å². The molecule has 150 valence electrons. The normalized spacial score (nSPS) is 20.0. The second-order valence-electron chi connectivity index (χ2n) is 8.22. The Labute approximate surface area is 168 Å². The van der Waals surface area contributed by atoms with Crippen LogP contribution in [-0.4, -0.2) is 0 Å². The topological polar surface area (TPSA) is 0 Å². The van der Waals surface area contributed by atoms with Gasteiger partial charge >= 0.3 is 0 Å². The predicted octanol–water partition coefficient (Wildman–Crippen LogP) is 7.86. The SMILES string of the molecule is C/C=C/c1c(F)cc(CCc2ccc(C3CCC(CCC)CC3)cc2)cc1F. The number of rotatable bonds is 7. The molecule has 0 amide bonds. The minimum absolute atomic E-state index is 0.0456. The molecular weight excluding hydrogens is 350 g/mol. The maximum atomic E-state index is 14.1. The molecule has 1 aliphatic carbocycles. The van der Waals surface area contributed by atoms with Crippen molar-refractivity contribution in [1.82, 2.24) is 0 Å². The highest BCUT2D eigenvalue weighted by molar-refractivity contribution is 5.51. The Morgan fingerprint density at radius 2 is 1.50 bits per heavy atom. The summed E-state index contributed by atoms with van der Waals surface area (Å²) in [6.45, 7) is 4.04. The zero-order valence-electron chi connectivity index (χ0n) is 17.2. The number of benzene rings is 2. The van der Waals surface area contributed by atoms with E-state index >= 15 is 0 Å². The quantitative estimate of drug-likeness (QED) is 0.457. The third kappa shape index (κ3) is 5.31. The fourth-order valence-corrected chi connectivity index (χ4v) is 4.54. The van der Waals surface area contributed by atoms with E-state index in [4.69, 9.17) is 0 Å². The number of halogens is 2. The summed E-state index contributed by atoms with van der Waals surface area (Å²) in [5.74, 6) is 0.661. The number of aryl methyl sites for hydroxylation is 2. The number of hydrogen-bond donors (Lipinski definition) is 0. The van der Waals surface area contributed by atoms with Crippen LogP contribution in [0.15, 0.2) is 42.5 Å². The molecule has 0 aromatic heterocycles. The summed E-state index contributed by atoms with van der Waals surface area (Å²) < 4.78 is 28.1. The largest absolute Gasteiger partial charge is 0.206 e. The van der Waals surface area contributed by atoms with Gasteiger partial charge in [0.1, 0.15) is 11.6 Å². The molecule has 0 bridgehead atoms. The van der Waals surface area contributed by atoms with Crippen LogP contribution in [0, 0.1) is 17.6 Å². The van der Waals surface area contributed by atoms with Crippen LogP contribution in [0.3, 0.4) is 0 Å². The molecule has 0 aliphatic heterocycles. The van der Waals surface area contributed by atoms with Gasteiger partial charge in [0.25, 0.3) is 0 Å². The van der Waals surface area contributed by atoms with Crippen LogP contribution >= 0.6 is 0 Å². The molecule has 2 aromatic carbocycles. The molecule has 1 aliphatic rings. The van der Waals surface area contributed by atoms with E-state index in [0.717, 1.165) is 12.3 Å². The third-order valence-corrected chi connectivity index (χ3v) is 6.17. The van der Waals surface area contributed by atoms with Gasteiger partial charge in [-0.2, -0.15) is 0 Å². The number of hydrogen-bond acceptors (Lipinski definition) is 0. The van der Waals surface area contributed by atoms with Crippen molar-refractivity contribution < 1.29 is 8.78 Å². The van der Waals surface area contributed by atoms with E-state index in [0.29, 0.717) is 17.9 Å². The lowest BCUT2D eigenvalue weighted by atomic mass is 9.77. The maximum Gasteiger partial charge on any atom is 0.133 e. The number of allylic oxidation sites excluding steroid dienone is 1. The van der Waals surface area contributed by atoms with Crippen molar-refractivity contribution in [2.75, 3.05) is 0 Å². The average Bonchev–Trinajstić information content (AvgIpc) is 2.70. The summed E-state index contributed by atoms with van der Waals surface area (Å²) in [7, 11) is 0. The van der Waals surface area contributed by atoms with Gasteiger partial charge in [0, 0.05) is 5.56 Å². The lowest BCUT2D eigenvalue weighted by molar-refractivity contribution is 0.308. The first-order valence-electron chi connectivity index (χ1n) is 10.8. The molecule has 0 atom stereocenters. The lowest BCUT2D eigenvalue weighted by Crippen LogP contribution is -2.13. The highest BCUT2D eigenvalue weighted by Gasteiger charge is 2.21. The fraction of sp³-hybridized carbons (Fsp3) is 0.462. The van der Waals surface area contributed by atoms with Gasteiger partial charge in [0.05, 0.1) is 0 Å². The molecule has 0 heterocycles. The monoisotopic (exact) mass is 382 g/mol. The molecule has 0 radical (unpaired) electrons. The van der Waals surface area contributed by atoms with E-state index in [2.05, 4.69) is 31.2 Å². The Morgan fingerprint density at radius 3 is 2.07 bits per heavy atom. The van der Waals surface area contributed by atoms with Gasteiger partial charge in [0.15, 0.2) is 0 Å². The van der Waals surface area contributed by atoms with Gasteiger partial charge < -0.3 is 0 Å². The van der Waals surface area contributed by atoms with Crippen LogP contribution in [-0.2, 0) is 12.8 Å². The zero-order valence-corrected chi connectivity index (χ0v) is 17.2. The van der Waals surface area contributed by atoms with Crippen LogP contribution < -0.4 is 0 Å². The van der Waals surface area contributed by atoms with Crippen LogP contribution in [0.4, 0.5) is 8.78 Å². The molecule has 2 heteroatoms. The Bertz CT molecular complexity index is 758. The molecule has 0 nitrogen and oxygen atoms in total. The molecule has 2 aromatic rings. The summed E-state index contributed by atoms with van der Waals surface area (Å²) in [5, 5.41) is 0. The molecule has 28 heavy (non-hydrogen) atoms. The summed E-state index contributed by atoms with van der Waals surface area (Å²) in [4.78, 5) is 0. The minimum atomic E-state index is -0.484. The van der Waals surface area contributed by atoms with Gasteiger partial charge in [-0.1, -0.05) is 56.2 Å². The third-order valence-electron chi connectivity index (χ3n) is 6.17. The van der Waals surface area contributed by atoms with Gasteiger partial charge in [0.2, 0.25) is 0 Å². The summed E-state index contributed by atoms with van der Waals surface area (Å²) in [5.41, 5.74) is 3.43. The van der Waals surface area contributed by atoms with E-state index in [1.807, 2.05) is 0 Å². The molecule has 0 saturated heterocycles. The Morgan fingerprint density at radius 1 is 0.893 bits per heavy atom. The Hall–Kier alpha value is -1.96. The van der Waals surface area contributed by atoms with Gasteiger partial charge in [-0.3, -0.25) is 0 Å². The zero-order chi connectivity index (χ0) is 19.9. The van der Waals surface area contributed by atoms with E-state index in [1.165, 1.54) is 67.9 Å². The molecule has 3 rings (SSSR count). The van der Waals surface area contributed by atoms with Crippen molar-refractivity contribution in [3.63, 3.8) is 0 Å². The highest BCUT2D eigenvalue weighted by Crippen LogP contribution is 2.37. The molecular formula is C26H32F2. The van der Waals surface area contributed by atoms with Crippen molar-refractivity contribution in [3.8, 4) is 0 Å². The predicted molar refractivity (Wildman–Crippen MR) is 115 cm³/mol. The van der Waals surface area contributed by atoms with Crippen molar-refractivity contribution in [2.24, 2.45) is 5.92 Å². The van der Waals surface area contributed by atoms with Crippen LogP contribution in [0.25, 0.3) is 6.08 Å². The van der Waals surface area contributed by atoms with Crippen molar-refractivity contribution in [3.05, 3.63) is 76.4 Å². The van der Waals surface area contributed by atoms with E-state index in [-0.39, 0.29) is 5.56 Å². The van der Waals surface area contributed by atoms with Crippen molar-refractivity contribution in [2.45, 2.75) is 71.1 Å². The Kier molecular flexibility index (Phi) is 7.42. The first-order chi connectivity index (χ1) is 13.6. The molecule has 1 fully saturated rings. The summed E-state index contributed by atoms with van der Waals surface area (Å²) in [6.07, 6.45) is 12.6. The van der Waals surface area contributed by atoms with Crippen LogP contribution in [0.1, 0.15) is 80.5 Å². The Balaban J connectivity index is 1.56. The van der Waals surface area contributed by atoms with E-state index < -0.39 is 11.6 Å². The minimum Gasteiger partial charge on any atom is -0.206 e. The standard InChI is InChI=1S/C26H32F2/c1-3-5-19-9-13-22(14-10-19)23-15-11-20(12-16-23)7-8-21-17-25(27)24(6-4-2)26(28)18-21/h4,6,11-12,15-19,22H,3,5,7-10,13-14H2,1-2H3/b6-4+. The summed E-state index contributed by atoms with van der Waals surface area (Å²) >= 11 is 0. The molecule has 0 unspecified atom stereocenters. The second-order valence-corrected chi connectivity index (χ2v) is 8.22. The molecule has 1 saturated carbocycles. The first kappa shape index (κ1) is 20.8. The van der Waals surface area contributed by atoms with E-state index in [1.54, 1.807) is 13.0 Å². The average molecular weight is 383 g/mol. The van der Waals surface area contributed by atoms with Gasteiger partial charge in [-0.05, 0) is 86.1 Å². The van der Waals surface area contributed by atoms with Crippen LogP contribution in [0.5, 0.6) is 0 Å². The maximum absolute atomic E-state index is 14.1.